The molecular formula is C13H14ClNS. The van der Waals surface area contributed by atoms with Crippen LogP contribution in [0.4, 0.5) is 0 Å². The van der Waals surface area contributed by atoms with Crippen LogP contribution in [0.15, 0.2) is 41.1 Å². The second kappa shape index (κ2) is 5.48. The molecule has 16 heavy (non-hydrogen) atoms. The van der Waals surface area contributed by atoms with Crippen molar-refractivity contribution in [2.75, 3.05) is 0 Å². The van der Waals surface area contributed by atoms with Crippen molar-refractivity contribution in [3.8, 4) is 0 Å². The van der Waals surface area contributed by atoms with Gasteiger partial charge >= 0.3 is 0 Å². The predicted molar refractivity (Wildman–Crippen MR) is 71.0 cm³/mol. The molecule has 3 heteroatoms. The van der Waals surface area contributed by atoms with Crippen molar-refractivity contribution in [3.63, 3.8) is 0 Å². The molecule has 2 aromatic rings. The molecule has 1 heterocycles. The van der Waals surface area contributed by atoms with Crippen LogP contribution in [0, 0.1) is 0 Å². The summed E-state index contributed by atoms with van der Waals surface area (Å²) >= 11 is 7.59. The van der Waals surface area contributed by atoms with E-state index in [1.54, 1.807) is 11.3 Å². The number of nitrogens with one attached hydrogen (secondary N) is 1. The van der Waals surface area contributed by atoms with Crippen LogP contribution >= 0.6 is 22.9 Å². The van der Waals surface area contributed by atoms with Crippen molar-refractivity contribution in [2.45, 2.75) is 19.5 Å². The van der Waals surface area contributed by atoms with Crippen LogP contribution in [0.2, 0.25) is 5.02 Å². The minimum Gasteiger partial charge on any atom is -0.306 e. The summed E-state index contributed by atoms with van der Waals surface area (Å²) in [5, 5.41) is 8.54. The minimum absolute atomic E-state index is 0.345. The summed E-state index contributed by atoms with van der Waals surface area (Å²) in [4.78, 5) is 0. The van der Waals surface area contributed by atoms with E-state index < -0.39 is 0 Å². The van der Waals surface area contributed by atoms with E-state index in [1.165, 1.54) is 11.1 Å². The van der Waals surface area contributed by atoms with Gasteiger partial charge in [0.15, 0.2) is 0 Å². The van der Waals surface area contributed by atoms with Crippen molar-refractivity contribution in [2.24, 2.45) is 0 Å². The summed E-state index contributed by atoms with van der Waals surface area (Å²) in [7, 11) is 0. The van der Waals surface area contributed by atoms with Crippen LogP contribution in [-0.2, 0) is 6.54 Å². The number of benzene rings is 1. The number of hydrogen-bond acceptors (Lipinski definition) is 2. The normalized spacial score (nSPS) is 12.6. The van der Waals surface area contributed by atoms with Crippen molar-refractivity contribution < 1.29 is 0 Å². The molecule has 0 aliphatic rings. The molecule has 1 nitrogen and oxygen atoms in total. The lowest BCUT2D eigenvalue weighted by Crippen LogP contribution is -2.17. The Morgan fingerprint density at radius 3 is 2.62 bits per heavy atom. The van der Waals surface area contributed by atoms with Gasteiger partial charge < -0.3 is 5.32 Å². The van der Waals surface area contributed by atoms with E-state index in [4.69, 9.17) is 11.6 Å². The van der Waals surface area contributed by atoms with E-state index in [-0.39, 0.29) is 0 Å². The lowest BCUT2D eigenvalue weighted by molar-refractivity contribution is 0.575. The molecule has 0 saturated heterocycles. The highest BCUT2D eigenvalue weighted by Gasteiger charge is 2.04. The molecule has 0 unspecified atom stereocenters. The third-order valence-corrected chi connectivity index (χ3v) is 3.55. The van der Waals surface area contributed by atoms with Gasteiger partial charge in [-0.05, 0) is 47.0 Å². The van der Waals surface area contributed by atoms with Crippen LogP contribution in [0.25, 0.3) is 0 Å². The zero-order valence-corrected chi connectivity index (χ0v) is 10.7. The first-order valence-electron chi connectivity index (χ1n) is 5.25. The van der Waals surface area contributed by atoms with Crippen molar-refractivity contribution >= 4 is 22.9 Å². The molecule has 0 spiro atoms. The zero-order chi connectivity index (χ0) is 11.4. The Hall–Kier alpha value is -0.830. The Kier molecular flexibility index (Phi) is 3.99. The summed E-state index contributed by atoms with van der Waals surface area (Å²) in [6.45, 7) is 3.07. The van der Waals surface area contributed by atoms with Gasteiger partial charge in [-0.3, -0.25) is 0 Å². The van der Waals surface area contributed by atoms with Crippen LogP contribution < -0.4 is 5.32 Å². The van der Waals surface area contributed by atoms with Gasteiger partial charge in [-0.25, -0.2) is 0 Å². The van der Waals surface area contributed by atoms with Gasteiger partial charge in [0.25, 0.3) is 0 Å². The highest BCUT2D eigenvalue weighted by Crippen LogP contribution is 2.16. The highest BCUT2D eigenvalue weighted by atomic mass is 35.5. The van der Waals surface area contributed by atoms with E-state index in [2.05, 4.69) is 41.2 Å². The Balaban J connectivity index is 1.93. The molecule has 0 bridgehead atoms. The molecule has 0 radical (unpaired) electrons. The Morgan fingerprint density at radius 2 is 2.00 bits per heavy atom. The average Bonchev–Trinajstić information content (AvgIpc) is 2.80. The Labute approximate surface area is 105 Å². The monoisotopic (exact) mass is 251 g/mol. The molecule has 0 saturated carbocycles. The third kappa shape index (κ3) is 3.08. The topological polar surface area (TPSA) is 12.0 Å². The van der Waals surface area contributed by atoms with E-state index in [1.807, 2.05) is 12.1 Å². The van der Waals surface area contributed by atoms with Gasteiger partial charge in [-0.2, -0.15) is 11.3 Å². The maximum Gasteiger partial charge on any atom is 0.0406 e. The summed E-state index contributed by atoms with van der Waals surface area (Å²) < 4.78 is 0. The summed E-state index contributed by atoms with van der Waals surface area (Å²) in [5.74, 6) is 0. The van der Waals surface area contributed by atoms with Crippen LogP contribution in [-0.4, -0.2) is 0 Å². The molecule has 2 rings (SSSR count). The molecule has 0 fully saturated rings. The quantitative estimate of drug-likeness (QED) is 0.857. The first-order valence-corrected chi connectivity index (χ1v) is 6.58. The fourth-order valence-corrected chi connectivity index (χ4v) is 2.33. The molecule has 1 N–H and O–H groups in total. The first kappa shape index (κ1) is 11.6. The van der Waals surface area contributed by atoms with E-state index in [9.17, 15) is 0 Å². The van der Waals surface area contributed by atoms with Gasteiger partial charge in [0, 0.05) is 17.6 Å². The maximum atomic E-state index is 5.86. The smallest absolute Gasteiger partial charge is 0.0406 e. The van der Waals surface area contributed by atoms with Crippen LogP contribution in [0.3, 0.4) is 0 Å². The van der Waals surface area contributed by atoms with E-state index in [0.29, 0.717) is 6.04 Å². The minimum atomic E-state index is 0.345. The number of halogens is 1. The molecule has 1 aromatic carbocycles. The molecule has 0 aliphatic heterocycles. The standard InChI is InChI=1S/C13H14ClNS/c1-10(12-2-4-13(14)5-3-12)15-8-11-6-7-16-9-11/h2-7,9-10,15H,8H2,1H3/t10-/m1/s1. The summed E-state index contributed by atoms with van der Waals surface area (Å²) in [5.41, 5.74) is 2.60. The molecule has 84 valence electrons. The third-order valence-electron chi connectivity index (χ3n) is 2.56. The van der Waals surface area contributed by atoms with Crippen LogP contribution in [0.1, 0.15) is 24.1 Å². The molecule has 1 aromatic heterocycles. The fraction of sp³-hybridized carbons (Fsp3) is 0.231. The number of thiophene rings is 1. The maximum absolute atomic E-state index is 5.86. The Bertz CT molecular complexity index is 422. The number of hydrogen-bond donors (Lipinski definition) is 1. The van der Waals surface area contributed by atoms with Crippen molar-refractivity contribution in [3.05, 3.63) is 57.2 Å². The van der Waals surface area contributed by atoms with Gasteiger partial charge in [0.1, 0.15) is 0 Å². The fourth-order valence-electron chi connectivity index (χ4n) is 1.53. The zero-order valence-electron chi connectivity index (χ0n) is 9.11. The highest BCUT2D eigenvalue weighted by molar-refractivity contribution is 7.07. The average molecular weight is 252 g/mol. The van der Waals surface area contributed by atoms with Gasteiger partial charge in [-0.1, -0.05) is 23.7 Å². The van der Waals surface area contributed by atoms with E-state index in [0.717, 1.165) is 11.6 Å². The van der Waals surface area contributed by atoms with Gasteiger partial charge in [-0.15, -0.1) is 0 Å². The molecule has 0 aliphatic carbocycles. The van der Waals surface area contributed by atoms with Gasteiger partial charge in [0.2, 0.25) is 0 Å². The second-order valence-electron chi connectivity index (χ2n) is 3.79. The van der Waals surface area contributed by atoms with E-state index >= 15 is 0 Å². The lowest BCUT2D eigenvalue weighted by Gasteiger charge is -2.13. The van der Waals surface area contributed by atoms with Crippen molar-refractivity contribution in [1.29, 1.82) is 0 Å². The predicted octanol–water partition coefficient (Wildman–Crippen LogP) is 4.25. The van der Waals surface area contributed by atoms with Crippen LogP contribution in [0.5, 0.6) is 0 Å². The first-order chi connectivity index (χ1) is 7.75. The lowest BCUT2D eigenvalue weighted by atomic mass is 10.1. The molecule has 0 amide bonds. The Morgan fingerprint density at radius 1 is 1.25 bits per heavy atom. The SMILES string of the molecule is C[C@@H](NCc1ccsc1)c1ccc(Cl)cc1. The second-order valence-corrected chi connectivity index (χ2v) is 5.00. The van der Waals surface area contributed by atoms with Gasteiger partial charge in [0.05, 0.1) is 0 Å². The molecule has 1 atom stereocenters. The largest absolute Gasteiger partial charge is 0.306 e. The summed E-state index contributed by atoms with van der Waals surface area (Å²) in [6, 6.07) is 10.5. The number of rotatable bonds is 4. The van der Waals surface area contributed by atoms with Crippen molar-refractivity contribution in [1.82, 2.24) is 5.32 Å². The summed E-state index contributed by atoms with van der Waals surface area (Å²) in [6.07, 6.45) is 0. The molecular weight excluding hydrogens is 238 g/mol.